The van der Waals surface area contributed by atoms with E-state index in [9.17, 15) is 0 Å². The molecule has 0 bridgehead atoms. The molecule has 1 aliphatic carbocycles. The molecule has 1 fully saturated rings. The standard InChI is InChI=1S/C8H11N3/c9-2-6-1-8(6)7-3-10-5-11-4-7/h3-6,8H,1-2,9H2/t6-,8+/m0/s1. The minimum Gasteiger partial charge on any atom is -0.330 e. The van der Waals surface area contributed by atoms with Crippen LogP contribution < -0.4 is 5.73 Å². The van der Waals surface area contributed by atoms with Crippen molar-refractivity contribution in [3.63, 3.8) is 0 Å². The second kappa shape index (κ2) is 2.58. The molecule has 0 radical (unpaired) electrons. The van der Waals surface area contributed by atoms with Gasteiger partial charge in [-0.2, -0.15) is 0 Å². The second-order valence-corrected chi connectivity index (χ2v) is 3.01. The minimum atomic E-state index is 0.640. The molecular formula is C8H11N3. The van der Waals surface area contributed by atoms with Gasteiger partial charge in [-0.3, -0.25) is 0 Å². The zero-order chi connectivity index (χ0) is 7.68. The summed E-state index contributed by atoms with van der Waals surface area (Å²) in [6, 6.07) is 0. The third-order valence-electron chi connectivity index (χ3n) is 2.23. The van der Waals surface area contributed by atoms with Crippen molar-refractivity contribution in [2.45, 2.75) is 12.3 Å². The fourth-order valence-corrected chi connectivity index (χ4v) is 1.42. The molecular weight excluding hydrogens is 138 g/mol. The maximum Gasteiger partial charge on any atom is 0.115 e. The van der Waals surface area contributed by atoms with Crippen LogP contribution in [0.25, 0.3) is 0 Å². The van der Waals surface area contributed by atoms with E-state index in [1.807, 2.05) is 12.4 Å². The van der Waals surface area contributed by atoms with E-state index in [0.29, 0.717) is 11.8 Å². The second-order valence-electron chi connectivity index (χ2n) is 3.01. The average Bonchev–Trinajstić information content (AvgIpc) is 2.85. The number of hydrogen-bond acceptors (Lipinski definition) is 3. The van der Waals surface area contributed by atoms with Crippen LogP contribution >= 0.6 is 0 Å². The molecule has 58 valence electrons. The summed E-state index contributed by atoms with van der Waals surface area (Å²) < 4.78 is 0. The van der Waals surface area contributed by atoms with E-state index in [1.165, 1.54) is 12.0 Å². The van der Waals surface area contributed by atoms with Crippen LogP contribution in [0, 0.1) is 5.92 Å². The maximum absolute atomic E-state index is 5.52. The summed E-state index contributed by atoms with van der Waals surface area (Å²) in [5.41, 5.74) is 6.76. The number of hydrogen-bond donors (Lipinski definition) is 1. The highest BCUT2D eigenvalue weighted by Crippen LogP contribution is 2.45. The first kappa shape index (κ1) is 6.73. The number of nitrogens with zero attached hydrogens (tertiary/aromatic N) is 2. The fourth-order valence-electron chi connectivity index (χ4n) is 1.42. The Morgan fingerprint density at radius 1 is 1.45 bits per heavy atom. The van der Waals surface area contributed by atoms with E-state index in [-0.39, 0.29) is 0 Å². The van der Waals surface area contributed by atoms with Gasteiger partial charge in [-0.25, -0.2) is 9.97 Å². The summed E-state index contributed by atoms with van der Waals surface area (Å²) >= 11 is 0. The van der Waals surface area contributed by atoms with Gasteiger partial charge in [0.25, 0.3) is 0 Å². The Balaban J connectivity index is 2.09. The summed E-state index contributed by atoms with van der Waals surface area (Å²) in [5, 5.41) is 0. The Kier molecular flexibility index (Phi) is 1.58. The Hall–Kier alpha value is -0.960. The van der Waals surface area contributed by atoms with Crippen LogP contribution in [0.5, 0.6) is 0 Å². The highest BCUT2D eigenvalue weighted by Gasteiger charge is 2.37. The van der Waals surface area contributed by atoms with Crippen molar-refractivity contribution < 1.29 is 0 Å². The predicted molar refractivity (Wildman–Crippen MR) is 41.9 cm³/mol. The van der Waals surface area contributed by atoms with Crippen LogP contribution in [-0.2, 0) is 0 Å². The van der Waals surface area contributed by atoms with E-state index < -0.39 is 0 Å². The highest BCUT2D eigenvalue weighted by atomic mass is 14.8. The summed E-state index contributed by atoms with van der Waals surface area (Å²) in [6.07, 6.45) is 6.54. The van der Waals surface area contributed by atoms with Crippen molar-refractivity contribution in [1.82, 2.24) is 9.97 Å². The Morgan fingerprint density at radius 3 is 2.73 bits per heavy atom. The first-order chi connectivity index (χ1) is 5.42. The van der Waals surface area contributed by atoms with Gasteiger partial charge in [-0.05, 0) is 30.4 Å². The van der Waals surface area contributed by atoms with Gasteiger partial charge in [0.15, 0.2) is 0 Å². The van der Waals surface area contributed by atoms with Crippen molar-refractivity contribution in [3.05, 3.63) is 24.3 Å². The van der Waals surface area contributed by atoms with E-state index in [0.717, 1.165) is 6.54 Å². The van der Waals surface area contributed by atoms with E-state index in [2.05, 4.69) is 9.97 Å². The Labute approximate surface area is 65.7 Å². The van der Waals surface area contributed by atoms with Crippen molar-refractivity contribution >= 4 is 0 Å². The van der Waals surface area contributed by atoms with Gasteiger partial charge < -0.3 is 5.73 Å². The molecule has 2 rings (SSSR count). The quantitative estimate of drug-likeness (QED) is 0.667. The molecule has 1 saturated carbocycles. The summed E-state index contributed by atoms with van der Waals surface area (Å²) in [4.78, 5) is 7.93. The molecule has 1 aromatic heterocycles. The normalized spacial score (nSPS) is 28.5. The third-order valence-corrected chi connectivity index (χ3v) is 2.23. The van der Waals surface area contributed by atoms with Gasteiger partial charge in [0, 0.05) is 12.4 Å². The van der Waals surface area contributed by atoms with Crippen LogP contribution in [0.4, 0.5) is 0 Å². The predicted octanol–water partition coefficient (Wildman–Crippen LogP) is 0.539. The SMILES string of the molecule is NC[C@@H]1C[C@H]1c1cncnc1. The minimum absolute atomic E-state index is 0.640. The van der Waals surface area contributed by atoms with Crippen molar-refractivity contribution in [1.29, 1.82) is 0 Å². The van der Waals surface area contributed by atoms with Crippen molar-refractivity contribution in [3.8, 4) is 0 Å². The zero-order valence-corrected chi connectivity index (χ0v) is 6.27. The van der Waals surface area contributed by atoms with Crippen LogP contribution in [0.15, 0.2) is 18.7 Å². The topological polar surface area (TPSA) is 51.8 Å². The maximum atomic E-state index is 5.52. The lowest BCUT2D eigenvalue weighted by atomic mass is 10.2. The molecule has 0 aliphatic heterocycles. The zero-order valence-electron chi connectivity index (χ0n) is 6.27. The van der Waals surface area contributed by atoms with Gasteiger partial charge >= 0.3 is 0 Å². The summed E-state index contributed by atoms with van der Waals surface area (Å²) in [6.45, 7) is 0.791. The molecule has 0 spiro atoms. The molecule has 1 heterocycles. The van der Waals surface area contributed by atoms with Gasteiger partial charge in [0.1, 0.15) is 6.33 Å². The summed E-state index contributed by atoms with van der Waals surface area (Å²) in [5.74, 6) is 1.32. The van der Waals surface area contributed by atoms with Crippen molar-refractivity contribution in [2.24, 2.45) is 11.7 Å². The molecule has 3 heteroatoms. The molecule has 2 atom stereocenters. The van der Waals surface area contributed by atoms with E-state index >= 15 is 0 Å². The molecule has 0 aromatic carbocycles. The fraction of sp³-hybridized carbons (Fsp3) is 0.500. The van der Waals surface area contributed by atoms with Crippen LogP contribution in [0.3, 0.4) is 0 Å². The van der Waals surface area contributed by atoms with Gasteiger partial charge in [0.2, 0.25) is 0 Å². The Morgan fingerprint density at radius 2 is 2.18 bits per heavy atom. The molecule has 2 N–H and O–H groups in total. The van der Waals surface area contributed by atoms with E-state index in [4.69, 9.17) is 5.73 Å². The number of aromatic nitrogens is 2. The molecule has 0 unspecified atom stereocenters. The number of nitrogens with two attached hydrogens (primary N) is 1. The number of rotatable bonds is 2. The Bertz CT molecular complexity index is 234. The van der Waals surface area contributed by atoms with Gasteiger partial charge in [0.05, 0.1) is 0 Å². The highest BCUT2D eigenvalue weighted by molar-refractivity contribution is 5.19. The monoisotopic (exact) mass is 149 g/mol. The molecule has 0 saturated heterocycles. The summed E-state index contributed by atoms with van der Waals surface area (Å²) in [7, 11) is 0. The van der Waals surface area contributed by atoms with Crippen LogP contribution in [-0.4, -0.2) is 16.5 Å². The molecule has 11 heavy (non-hydrogen) atoms. The molecule has 1 aromatic rings. The van der Waals surface area contributed by atoms with Crippen molar-refractivity contribution in [2.75, 3.05) is 6.54 Å². The largest absolute Gasteiger partial charge is 0.330 e. The lowest BCUT2D eigenvalue weighted by Crippen LogP contribution is -2.02. The third kappa shape index (κ3) is 1.24. The lowest BCUT2D eigenvalue weighted by molar-refractivity contribution is 0.805. The first-order valence-corrected chi connectivity index (χ1v) is 3.87. The van der Waals surface area contributed by atoms with Crippen LogP contribution in [0.1, 0.15) is 17.9 Å². The molecule has 1 aliphatic rings. The smallest absolute Gasteiger partial charge is 0.115 e. The molecule has 3 nitrogen and oxygen atoms in total. The van der Waals surface area contributed by atoms with E-state index in [1.54, 1.807) is 6.33 Å². The lowest BCUT2D eigenvalue weighted by Gasteiger charge is -1.94. The van der Waals surface area contributed by atoms with Gasteiger partial charge in [-0.15, -0.1) is 0 Å². The van der Waals surface area contributed by atoms with Crippen LogP contribution in [0.2, 0.25) is 0 Å². The first-order valence-electron chi connectivity index (χ1n) is 3.87. The average molecular weight is 149 g/mol. The van der Waals surface area contributed by atoms with Gasteiger partial charge in [-0.1, -0.05) is 0 Å². The molecule has 0 amide bonds.